The van der Waals surface area contributed by atoms with Gasteiger partial charge < -0.3 is 5.32 Å². The van der Waals surface area contributed by atoms with E-state index in [0.29, 0.717) is 6.04 Å². The fourth-order valence-electron chi connectivity index (χ4n) is 2.72. The Hall–Kier alpha value is -1.60. The molecule has 0 aliphatic carbocycles. The maximum atomic E-state index is 3.63. The predicted octanol–water partition coefficient (Wildman–Crippen LogP) is 4.54. The summed E-state index contributed by atoms with van der Waals surface area (Å²) in [4.78, 5) is 0. The van der Waals surface area contributed by atoms with Crippen molar-refractivity contribution >= 4 is 0 Å². The first-order valence-corrected chi connectivity index (χ1v) is 8.10. The highest BCUT2D eigenvalue weighted by Gasteiger charge is 2.08. The van der Waals surface area contributed by atoms with Gasteiger partial charge in [0.2, 0.25) is 0 Å². The van der Waals surface area contributed by atoms with Gasteiger partial charge in [0.25, 0.3) is 0 Å². The molecule has 0 spiro atoms. The van der Waals surface area contributed by atoms with Crippen molar-refractivity contribution in [3.63, 3.8) is 0 Å². The van der Waals surface area contributed by atoms with E-state index in [1.165, 1.54) is 29.5 Å². The van der Waals surface area contributed by atoms with Crippen molar-refractivity contribution in [2.24, 2.45) is 0 Å². The van der Waals surface area contributed by atoms with Gasteiger partial charge in [-0.3, -0.25) is 0 Å². The van der Waals surface area contributed by atoms with E-state index in [0.717, 1.165) is 19.4 Å². The smallest absolute Gasteiger partial charge is 0.00732 e. The molecule has 1 atom stereocenters. The highest BCUT2D eigenvalue weighted by Crippen LogP contribution is 2.12. The van der Waals surface area contributed by atoms with Crippen LogP contribution in [-0.4, -0.2) is 12.6 Å². The maximum Gasteiger partial charge on any atom is 0.00732 e. The minimum Gasteiger partial charge on any atom is -0.314 e. The van der Waals surface area contributed by atoms with E-state index in [1.54, 1.807) is 0 Å². The second-order valence-corrected chi connectivity index (χ2v) is 5.80. The minimum absolute atomic E-state index is 0.608. The average molecular weight is 281 g/mol. The van der Waals surface area contributed by atoms with Crippen LogP contribution in [0, 0.1) is 6.92 Å². The summed E-state index contributed by atoms with van der Waals surface area (Å²) in [6, 6.07) is 20.3. The summed E-state index contributed by atoms with van der Waals surface area (Å²) >= 11 is 0. The summed E-state index contributed by atoms with van der Waals surface area (Å²) in [5, 5.41) is 3.63. The lowest BCUT2D eigenvalue weighted by molar-refractivity contribution is 0.464. The number of rotatable bonds is 8. The fraction of sp³-hybridized carbons (Fsp3) is 0.400. The van der Waals surface area contributed by atoms with Crippen molar-refractivity contribution in [1.29, 1.82) is 0 Å². The zero-order valence-electron chi connectivity index (χ0n) is 13.3. The molecule has 2 aromatic rings. The molecule has 1 nitrogen and oxygen atoms in total. The second kappa shape index (κ2) is 8.63. The molecule has 0 radical (unpaired) electrons. The van der Waals surface area contributed by atoms with Crippen molar-refractivity contribution in [2.45, 2.75) is 45.6 Å². The minimum atomic E-state index is 0.608. The van der Waals surface area contributed by atoms with Gasteiger partial charge in [-0.15, -0.1) is 0 Å². The van der Waals surface area contributed by atoms with Gasteiger partial charge in [-0.2, -0.15) is 0 Å². The lowest BCUT2D eigenvalue weighted by atomic mass is 9.98. The van der Waals surface area contributed by atoms with Gasteiger partial charge in [0.15, 0.2) is 0 Å². The van der Waals surface area contributed by atoms with Crippen molar-refractivity contribution in [3.8, 4) is 0 Å². The quantitative estimate of drug-likeness (QED) is 0.749. The molecule has 2 aromatic carbocycles. The SMILES string of the molecule is CCNC(CCc1ccccc1)CCc1ccc(C)cc1. The summed E-state index contributed by atoms with van der Waals surface area (Å²) in [6.45, 7) is 5.39. The van der Waals surface area contributed by atoms with Gasteiger partial charge in [-0.05, 0) is 50.3 Å². The van der Waals surface area contributed by atoms with E-state index < -0.39 is 0 Å². The second-order valence-electron chi connectivity index (χ2n) is 5.80. The van der Waals surface area contributed by atoms with Crippen LogP contribution in [0.2, 0.25) is 0 Å². The lowest BCUT2D eigenvalue weighted by Crippen LogP contribution is -2.29. The summed E-state index contributed by atoms with van der Waals surface area (Å²) in [6.07, 6.45) is 4.74. The summed E-state index contributed by atoms with van der Waals surface area (Å²) in [7, 11) is 0. The van der Waals surface area contributed by atoms with Crippen LogP contribution in [-0.2, 0) is 12.8 Å². The van der Waals surface area contributed by atoms with Crippen LogP contribution >= 0.6 is 0 Å². The largest absolute Gasteiger partial charge is 0.314 e. The zero-order chi connectivity index (χ0) is 14.9. The van der Waals surface area contributed by atoms with E-state index in [-0.39, 0.29) is 0 Å². The van der Waals surface area contributed by atoms with Crippen LogP contribution in [0.1, 0.15) is 36.5 Å². The molecule has 2 rings (SSSR count). The van der Waals surface area contributed by atoms with E-state index in [2.05, 4.69) is 73.8 Å². The molecule has 0 aromatic heterocycles. The molecule has 112 valence electrons. The van der Waals surface area contributed by atoms with Gasteiger partial charge in [0.05, 0.1) is 0 Å². The van der Waals surface area contributed by atoms with E-state index in [1.807, 2.05) is 0 Å². The molecule has 1 unspecified atom stereocenters. The maximum absolute atomic E-state index is 3.63. The first-order chi connectivity index (χ1) is 10.3. The Labute approximate surface area is 129 Å². The van der Waals surface area contributed by atoms with Gasteiger partial charge in [-0.1, -0.05) is 67.1 Å². The van der Waals surface area contributed by atoms with Crippen molar-refractivity contribution in [3.05, 3.63) is 71.3 Å². The molecule has 0 bridgehead atoms. The van der Waals surface area contributed by atoms with Crippen LogP contribution in [0.15, 0.2) is 54.6 Å². The summed E-state index contributed by atoms with van der Waals surface area (Å²) in [5.74, 6) is 0. The molecule has 1 heteroatoms. The Morgan fingerprint density at radius 2 is 1.38 bits per heavy atom. The first kappa shape index (κ1) is 15.8. The predicted molar refractivity (Wildman–Crippen MR) is 91.7 cm³/mol. The molecular weight excluding hydrogens is 254 g/mol. The summed E-state index contributed by atoms with van der Waals surface area (Å²) < 4.78 is 0. The molecule has 0 amide bonds. The molecule has 0 heterocycles. The average Bonchev–Trinajstić information content (AvgIpc) is 2.52. The molecule has 0 saturated heterocycles. The lowest BCUT2D eigenvalue weighted by Gasteiger charge is -2.18. The van der Waals surface area contributed by atoms with Gasteiger partial charge in [-0.25, -0.2) is 0 Å². The van der Waals surface area contributed by atoms with Crippen molar-refractivity contribution in [1.82, 2.24) is 5.32 Å². The number of aryl methyl sites for hydroxylation is 3. The van der Waals surface area contributed by atoms with E-state index >= 15 is 0 Å². The van der Waals surface area contributed by atoms with Gasteiger partial charge in [0, 0.05) is 6.04 Å². The number of hydrogen-bond acceptors (Lipinski definition) is 1. The first-order valence-electron chi connectivity index (χ1n) is 8.10. The van der Waals surface area contributed by atoms with Crippen molar-refractivity contribution < 1.29 is 0 Å². The highest BCUT2D eigenvalue weighted by molar-refractivity contribution is 5.21. The van der Waals surface area contributed by atoms with E-state index in [4.69, 9.17) is 0 Å². The zero-order valence-corrected chi connectivity index (χ0v) is 13.3. The molecule has 0 fully saturated rings. The molecule has 0 saturated carbocycles. The molecule has 0 aliphatic rings. The third-order valence-electron chi connectivity index (χ3n) is 4.02. The Balaban J connectivity index is 1.82. The number of benzene rings is 2. The Kier molecular flexibility index (Phi) is 6.49. The third kappa shape index (κ3) is 5.73. The standard InChI is InChI=1S/C20H27N/c1-3-21-20(15-13-18-7-5-4-6-8-18)16-14-19-11-9-17(2)10-12-19/h4-12,20-21H,3,13-16H2,1-2H3. The molecule has 0 aliphatic heterocycles. The molecule has 21 heavy (non-hydrogen) atoms. The monoisotopic (exact) mass is 281 g/mol. The third-order valence-corrected chi connectivity index (χ3v) is 4.02. The van der Waals surface area contributed by atoms with Crippen LogP contribution < -0.4 is 5.32 Å². The van der Waals surface area contributed by atoms with E-state index in [9.17, 15) is 0 Å². The Bertz CT molecular complexity index is 501. The topological polar surface area (TPSA) is 12.0 Å². The number of hydrogen-bond donors (Lipinski definition) is 1. The van der Waals surface area contributed by atoms with Crippen molar-refractivity contribution in [2.75, 3.05) is 6.54 Å². The van der Waals surface area contributed by atoms with Crippen LogP contribution in [0.3, 0.4) is 0 Å². The fourth-order valence-corrected chi connectivity index (χ4v) is 2.72. The van der Waals surface area contributed by atoms with Gasteiger partial charge >= 0.3 is 0 Å². The van der Waals surface area contributed by atoms with Gasteiger partial charge in [0.1, 0.15) is 0 Å². The Morgan fingerprint density at radius 3 is 1.95 bits per heavy atom. The number of nitrogens with one attached hydrogen (secondary N) is 1. The Morgan fingerprint density at radius 1 is 0.810 bits per heavy atom. The highest BCUT2D eigenvalue weighted by atomic mass is 14.9. The molecule has 1 N–H and O–H groups in total. The molecular formula is C20H27N. The van der Waals surface area contributed by atoms with Crippen LogP contribution in [0.5, 0.6) is 0 Å². The van der Waals surface area contributed by atoms with Crippen LogP contribution in [0.25, 0.3) is 0 Å². The summed E-state index contributed by atoms with van der Waals surface area (Å²) in [5.41, 5.74) is 4.23. The normalized spacial score (nSPS) is 12.3. The van der Waals surface area contributed by atoms with Crippen LogP contribution in [0.4, 0.5) is 0 Å².